The van der Waals surface area contributed by atoms with Gasteiger partial charge in [-0.3, -0.25) is 9.59 Å². The molecule has 0 saturated carbocycles. The molecule has 2 atom stereocenters. The summed E-state index contributed by atoms with van der Waals surface area (Å²) in [7, 11) is 1.54. The Bertz CT molecular complexity index is 1550. The lowest BCUT2D eigenvalue weighted by molar-refractivity contribution is -0.123. The molecule has 1 fully saturated rings. The summed E-state index contributed by atoms with van der Waals surface area (Å²) in [4.78, 5) is 33.0. The number of hydrogen-bond donors (Lipinski definition) is 2. The molecule has 1 aromatic heterocycles. The first kappa shape index (κ1) is 33.3. The number of nitrogens with two attached hydrogens (primary N) is 1. The predicted octanol–water partition coefficient (Wildman–Crippen LogP) is 5.55. The summed E-state index contributed by atoms with van der Waals surface area (Å²) in [6.45, 7) is 7.28. The molecule has 246 valence electrons. The van der Waals surface area contributed by atoms with Gasteiger partial charge in [0.1, 0.15) is 34.9 Å². The van der Waals surface area contributed by atoms with E-state index in [2.05, 4.69) is 4.90 Å². The Morgan fingerprint density at radius 3 is 2.52 bits per heavy atom. The topological polar surface area (TPSA) is 124 Å². The van der Waals surface area contributed by atoms with E-state index in [9.17, 15) is 19.1 Å². The minimum absolute atomic E-state index is 0.0117. The zero-order valence-electron chi connectivity index (χ0n) is 26.9. The number of pyridine rings is 1. The Balaban J connectivity index is 1.27. The molecule has 9 nitrogen and oxygen atoms in total. The zero-order chi connectivity index (χ0) is 32.9. The van der Waals surface area contributed by atoms with Gasteiger partial charge in [0, 0.05) is 23.1 Å². The monoisotopic (exact) mass is 633 g/mol. The predicted molar refractivity (Wildman–Crippen MR) is 173 cm³/mol. The fraction of sp³-hybridized carbons (Fsp3) is 0.472. The maximum Gasteiger partial charge on any atom is 0.231 e. The van der Waals surface area contributed by atoms with E-state index in [4.69, 9.17) is 24.9 Å². The van der Waals surface area contributed by atoms with Gasteiger partial charge >= 0.3 is 0 Å². The minimum atomic E-state index is -1.55. The summed E-state index contributed by atoms with van der Waals surface area (Å²) in [5.74, 6) is 0.242. The minimum Gasteiger partial charge on any atom is -0.493 e. The molecule has 3 heterocycles. The molecular weight excluding hydrogens is 589 g/mol. The Morgan fingerprint density at radius 1 is 1.09 bits per heavy atom. The third-order valence-electron chi connectivity index (χ3n) is 9.19. The van der Waals surface area contributed by atoms with E-state index in [1.165, 1.54) is 44.5 Å². The van der Waals surface area contributed by atoms with Crippen molar-refractivity contribution in [2.45, 2.75) is 69.8 Å². The summed E-state index contributed by atoms with van der Waals surface area (Å²) in [5, 5.41) is 11.6. The fourth-order valence-electron chi connectivity index (χ4n) is 6.06. The van der Waals surface area contributed by atoms with Crippen molar-refractivity contribution in [1.82, 2.24) is 9.88 Å². The Hall–Kier alpha value is -4.02. The number of methoxy groups -OCH3 is 1. The number of aromatic nitrogens is 1. The normalized spacial score (nSPS) is 19.2. The molecule has 2 aliphatic heterocycles. The van der Waals surface area contributed by atoms with Gasteiger partial charge < -0.3 is 30.0 Å². The van der Waals surface area contributed by atoms with Crippen molar-refractivity contribution in [3.05, 3.63) is 71.2 Å². The summed E-state index contributed by atoms with van der Waals surface area (Å²) >= 11 is 0. The van der Waals surface area contributed by atoms with Crippen molar-refractivity contribution in [2.24, 2.45) is 5.73 Å². The van der Waals surface area contributed by atoms with Gasteiger partial charge in [-0.15, -0.1) is 0 Å². The summed E-state index contributed by atoms with van der Waals surface area (Å²) in [6.07, 6.45) is 5.96. The molecule has 0 bridgehead atoms. The van der Waals surface area contributed by atoms with Crippen LogP contribution in [0.2, 0.25) is 0 Å². The molecule has 1 amide bonds. The molecule has 10 heteroatoms. The van der Waals surface area contributed by atoms with Gasteiger partial charge in [0.15, 0.2) is 17.3 Å². The van der Waals surface area contributed by atoms with Crippen LogP contribution in [0.25, 0.3) is 11.3 Å². The first-order valence-corrected chi connectivity index (χ1v) is 16.1. The average molecular weight is 634 g/mol. The van der Waals surface area contributed by atoms with Crippen LogP contribution < -0.4 is 19.9 Å². The van der Waals surface area contributed by atoms with Gasteiger partial charge in [-0.1, -0.05) is 6.42 Å². The van der Waals surface area contributed by atoms with E-state index >= 15 is 0 Å². The number of amides is 1. The number of benzene rings is 2. The van der Waals surface area contributed by atoms with E-state index in [1.807, 2.05) is 0 Å². The number of likely N-dealkylation sites (tertiary alicyclic amines) is 1. The summed E-state index contributed by atoms with van der Waals surface area (Å²) in [6, 6.07) is 12.4. The molecule has 3 N–H and O–H groups in total. The number of aliphatic hydroxyl groups is 1. The standard InChI is InChI=1S/C36H44FN3O6/c1-35(34(38)42)23-46-33-27(35)22-31(39-32(33)24-9-12-26(37)13-10-24)36(2,43)16-15-28(41)25-11-14-29(30(21-25)44-3)45-20-8-7-19-40-17-5-4-6-18-40/h9-14,21-22,43H,4-8,15-20,23H2,1-3H3,(H2,38,42)/t35-,36-/m0/s1. The third-order valence-corrected chi connectivity index (χ3v) is 9.19. The smallest absolute Gasteiger partial charge is 0.231 e. The van der Waals surface area contributed by atoms with E-state index < -0.39 is 22.7 Å². The second-order valence-electron chi connectivity index (χ2n) is 12.7. The fourth-order valence-corrected chi connectivity index (χ4v) is 6.06. The number of ketones is 1. The number of piperidine rings is 1. The van der Waals surface area contributed by atoms with E-state index in [0.29, 0.717) is 46.2 Å². The van der Waals surface area contributed by atoms with Crippen molar-refractivity contribution in [2.75, 3.05) is 40.0 Å². The van der Waals surface area contributed by atoms with Crippen molar-refractivity contribution in [3.63, 3.8) is 0 Å². The number of halogens is 1. The number of carbonyl (C=O) groups is 2. The van der Waals surface area contributed by atoms with E-state index in [0.717, 1.165) is 19.4 Å². The summed E-state index contributed by atoms with van der Waals surface area (Å²) < 4.78 is 31.1. The maximum atomic E-state index is 13.7. The average Bonchev–Trinajstić information content (AvgIpc) is 3.41. The van der Waals surface area contributed by atoms with Gasteiger partial charge in [0.25, 0.3) is 0 Å². The van der Waals surface area contributed by atoms with Crippen LogP contribution in [0.1, 0.15) is 80.4 Å². The van der Waals surface area contributed by atoms with Crippen LogP contribution in [0.3, 0.4) is 0 Å². The van der Waals surface area contributed by atoms with Gasteiger partial charge in [-0.2, -0.15) is 0 Å². The number of nitrogens with zero attached hydrogens (tertiary/aromatic N) is 2. The molecule has 3 aromatic rings. The van der Waals surface area contributed by atoms with Gasteiger partial charge in [0.05, 0.1) is 19.4 Å². The molecule has 46 heavy (non-hydrogen) atoms. The van der Waals surface area contributed by atoms with Crippen LogP contribution in [0, 0.1) is 5.82 Å². The number of unbranched alkanes of at least 4 members (excludes halogenated alkanes) is 1. The Morgan fingerprint density at radius 2 is 1.83 bits per heavy atom. The van der Waals surface area contributed by atoms with Crippen molar-refractivity contribution in [3.8, 4) is 28.5 Å². The van der Waals surface area contributed by atoms with Crippen molar-refractivity contribution >= 4 is 11.7 Å². The second kappa shape index (κ2) is 14.2. The molecule has 1 saturated heterocycles. The largest absolute Gasteiger partial charge is 0.493 e. The number of carbonyl (C=O) groups excluding carboxylic acids is 2. The highest BCUT2D eigenvalue weighted by Gasteiger charge is 2.45. The van der Waals surface area contributed by atoms with Crippen LogP contribution >= 0.6 is 0 Å². The van der Waals surface area contributed by atoms with Crippen molar-refractivity contribution in [1.29, 1.82) is 0 Å². The molecular formula is C36H44FN3O6. The molecule has 0 spiro atoms. The van der Waals surface area contributed by atoms with Crippen LogP contribution in [-0.2, 0) is 15.8 Å². The Kier molecular flexibility index (Phi) is 10.3. The van der Waals surface area contributed by atoms with E-state index in [1.54, 1.807) is 57.4 Å². The number of rotatable bonds is 14. The molecule has 2 aliphatic rings. The number of primary amides is 1. The number of fused-ring (bicyclic) bond motifs is 1. The SMILES string of the molecule is COc1cc(C(=O)CC[C@](C)(O)c2cc3c(c(-c4ccc(F)cc4)n2)OC[C@]3(C)C(N)=O)ccc1OCCCCN1CCCCC1. The van der Waals surface area contributed by atoms with Crippen LogP contribution in [0.4, 0.5) is 4.39 Å². The zero-order valence-corrected chi connectivity index (χ0v) is 26.9. The lowest BCUT2D eigenvalue weighted by atomic mass is 9.81. The molecule has 2 aromatic carbocycles. The van der Waals surface area contributed by atoms with Gasteiger partial charge in [0.2, 0.25) is 5.91 Å². The number of ether oxygens (including phenoxy) is 3. The lowest BCUT2D eigenvalue weighted by Crippen LogP contribution is -2.40. The summed E-state index contributed by atoms with van der Waals surface area (Å²) in [5.41, 5.74) is 5.14. The third kappa shape index (κ3) is 7.34. The number of hydrogen-bond acceptors (Lipinski definition) is 8. The van der Waals surface area contributed by atoms with Crippen LogP contribution in [-0.4, -0.2) is 66.6 Å². The van der Waals surface area contributed by atoms with Gasteiger partial charge in [-0.25, -0.2) is 9.37 Å². The molecule has 0 unspecified atom stereocenters. The maximum absolute atomic E-state index is 13.7. The van der Waals surface area contributed by atoms with Crippen LogP contribution in [0.15, 0.2) is 48.5 Å². The second-order valence-corrected chi connectivity index (χ2v) is 12.7. The molecule has 5 rings (SSSR count). The van der Waals surface area contributed by atoms with Crippen molar-refractivity contribution < 1.29 is 33.3 Å². The molecule has 0 radical (unpaired) electrons. The van der Waals surface area contributed by atoms with E-state index in [-0.39, 0.29) is 30.9 Å². The quantitative estimate of drug-likeness (QED) is 0.175. The van der Waals surface area contributed by atoms with Gasteiger partial charge in [-0.05, 0) is 114 Å². The highest BCUT2D eigenvalue weighted by atomic mass is 19.1. The highest BCUT2D eigenvalue weighted by molar-refractivity contribution is 5.96. The first-order valence-electron chi connectivity index (χ1n) is 16.1. The Labute approximate surface area is 269 Å². The number of Topliss-reactive ketones (excluding diaryl/α,β-unsaturated/α-hetero) is 1. The first-order chi connectivity index (χ1) is 22.0. The highest BCUT2D eigenvalue weighted by Crippen LogP contribution is 2.46. The van der Waals surface area contributed by atoms with Crippen LogP contribution in [0.5, 0.6) is 17.2 Å². The lowest BCUT2D eigenvalue weighted by Gasteiger charge is -2.26. The molecule has 0 aliphatic carbocycles.